The average molecular weight is 393 g/mol. The summed E-state index contributed by atoms with van der Waals surface area (Å²) in [6.45, 7) is 1.65. The van der Waals surface area contributed by atoms with Crippen molar-refractivity contribution in [2.75, 3.05) is 0 Å². The van der Waals surface area contributed by atoms with Crippen molar-refractivity contribution in [3.63, 3.8) is 0 Å². The maximum absolute atomic E-state index is 13.8. The predicted molar refractivity (Wildman–Crippen MR) is 99.2 cm³/mol. The van der Waals surface area contributed by atoms with Gasteiger partial charge in [0.25, 0.3) is 0 Å². The molecule has 0 aliphatic heterocycles. The Morgan fingerprint density at radius 3 is 2.81 bits per heavy atom. The third-order valence-electron chi connectivity index (χ3n) is 3.77. The first-order chi connectivity index (χ1) is 12.4. The predicted octanol–water partition coefficient (Wildman–Crippen LogP) is 5.16. The van der Waals surface area contributed by atoms with Gasteiger partial charge in [0.05, 0.1) is 18.2 Å². The molecule has 1 N–H and O–H groups in total. The normalized spacial score (nSPS) is 12.0. The Morgan fingerprint density at radius 1 is 1.27 bits per heavy atom. The number of halogens is 3. The molecule has 0 saturated carbocycles. The molecule has 134 valence electrons. The van der Waals surface area contributed by atoms with Gasteiger partial charge in [-0.05, 0) is 25.1 Å². The van der Waals surface area contributed by atoms with Gasteiger partial charge in [0, 0.05) is 27.6 Å². The lowest BCUT2D eigenvalue weighted by molar-refractivity contribution is -0.121. The Hall–Kier alpha value is -2.31. The largest absolute Gasteiger partial charge is 0.349 e. The monoisotopic (exact) mass is 392 g/mol. The van der Waals surface area contributed by atoms with Crippen LogP contribution in [0.4, 0.5) is 8.78 Å². The van der Waals surface area contributed by atoms with Gasteiger partial charge in [0.2, 0.25) is 5.91 Å². The summed E-state index contributed by atoms with van der Waals surface area (Å²) in [5.74, 6) is -1.63. The van der Waals surface area contributed by atoms with Crippen molar-refractivity contribution in [2.24, 2.45) is 0 Å². The van der Waals surface area contributed by atoms with Gasteiger partial charge in [0.15, 0.2) is 0 Å². The summed E-state index contributed by atoms with van der Waals surface area (Å²) in [6.07, 6.45) is 0.0736. The molecule has 1 aromatic heterocycles. The van der Waals surface area contributed by atoms with E-state index >= 15 is 0 Å². The molecule has 0 unspecified atom stereocenters. The average Bonchev–Trinajstić information content (AvgIpc) is 3.03. The van der Waals surface area contributed by atoms with Gasteiger partial charge in [-0.2, -0.15) is 0 Å². The molecular weight excluding hydrogens is 378 g/mol. The molecule has 2 aromatic carbocycles. The van der Waals surface area contributed by atoms with Crippen molar-refractivity contribution in [3.05, 3.63) is 75.8 Å². The molecule has 1 heterocycles. The lowest BCUT2D eigenvalue weighted by Crippen LogP contribution is -2.28. The van der Waals surface area contributed by atoms with Gasteiger partial charge in [-0.15, -0.1) is 11.3 Å². The molecule has 0 spiro atoms. The minimum atomic E-state index is -0.685. The smallest absolute Gasteiger partial charge is 0.226 e. The third kappa shape index (κ3) is 4.45. The summed E-state index contributed by atoms with van der Waals surface area (Å²) in [5.41, 5.74) is 1.74. The standard InChI is InChI=1S/C19H15ClF2N2OS/c1-11(16-6-5-14(21)8-17(16)22)23-18(25)9-15-10-26-19(24-15)12-3-2-4-13(20)7-12/h2-8,10-11H,9H2,1H3,(H,23,25)/t11-/m1/s1. The molecule has 1 amide bonds. The van der Waals surface area contributed by atoms with Crippen LogP contribution in [0, 0.1) is 11.6 Å². The number of nitrogens with one attached hydrogen (secondary N) is 1. The van der Waals surface area contributed by atoms with Crippen LogP contribution in [0.5, 0.6) is 0 Å². The Kier molecular flexibility index (Phi) is 5.64. The highest BCUT2D eigenvalue weighted by Gasteiger charge is 2.16. The van der Waals surface area contributed by atoms with Crippen molar-refractivity contribution in [1.82, 2.24) is 10.3 Å². The van der Waals surface area contributed by atoms with Crippen LogP contribution in [0.3, 0.4) is 0 Å². The zero-order valence-corrected chi connectivity index (χ0v) is 15.4. The fourth-order valence-electron chi connectivity index (χ4n) is 2.53. The van der Waals surface area contributed by atoms with Crippen LogP contribution < -0.4 is 5.32 Å². The molecule has 0 aliphatic carbocycles. The van der Waals surface area contributed by atoms with E-state index in [0.717, 1.165) is 16.6 Å². The van der Waals surface area contributed by atoms with Crippen LogP contribution in [-0.2, 0) is 11.2 Å². The van der Waals surface area contributed by atoms with Crippen LogP contribution in [-0.4, -0.2) is 10.9 Å². The van der Waals surface area contributed by atoms with Gasteiger partial charge < -0.3 is 5.32 Å². The number of thiazole rings is 1. The molecule has 0 saturated heterocycles. The van der Waals surface area contributed by atoms with Crippen molar-refractivity contribution in [2.45, 2.75) is 19.4 Å². The Morgan fingerprint density at radius 2 is 2.08 bits per heavy atom. The van der Waals surface area contributed by atoms with E-state index < -0.39 is 17.7 Å². The molecule has 26 heavy (non-hydrogen) atoms. The first-order valence-corrected chi connectivity index (χ1v) is 9.13. The van der Waals surface area contributed by atoms with Gasteiger partial charge in [0.1, 0.15) is 16.6 Å². The second kappa shape index (κ2) is 7.93. The summed E-state index contributed by atoms with van der Waals surface area (Å²) in [5, 5.41) is 5.90. The molecule has 3 rings (SSSR count). The lowest BCUT2D eigenvalue weighted by atomic mass is 10.1. The molecule has 0 fully saturated rings. The SMILES string of the molecule is C[C@@H](NC(=O)Cc1csc(-c2cccc(Cl)c2)n1)c1ccc(F)cc1F. The molecule has 0 bridgehead atoms. The van der Waals surface area contributed by atoms with Gasteiger partial charge >= 0.3 is 0 Å². The fourth-order valence-corrected chi connectivity index (χ4v) is 3.54. The third-order valence-corrected chi connectivity index (χ3v) is 4.95. The molecule has 0 aliphatic rings. The minimum absolute atomic E-state index is 0.0736. The van der Waals surface area contributed by atoms with Crippen molar-refractivity contribution >= 4 is 28.8 Å². The quantitative estimate of drug-likeness (QED) is 0.651. The van der Waals surface area contributed by atoms with Crippen LogP contribution >= 0.6 is 22.9 Å². The highest BCUT2D eigenvalue weighted by Crippen LogP contribution is 2.26. The highest BCUT2D eigenvalue weighted by atomic mass is 35.5. The van der Waals surface area contributed by atoms with Gasteiger partial charge in [-0.3, -0.25) is 4.79 Å². The maximum atomic E-state index is 13.8. The number of benzene rings is 2. The molecule has 0 radical (unpaired) electrons. The van der Waals surface area contributed by atoms with E-state index in [0.29, 0.717) is 10.7 Å². The van der Waals surface area contributed by atoms with Gasteiger partial charge in [-0.1, -0.05) is 29.8 Å². The second-order valence-electron chi connectivity index (χ2n) is 5.79. The molecular formula is C19H15ClF2N2OS. The minimum Gasteiger partial charge on any atom is -0.349 e. The summed E-state index contributed by atoms with van der Waals surface area (Å²) >= 11 is 7.40. The number of hydrogen-bond acceptors (Lipinski definition) is 3. The first-order valence-electron chi connectivity index (χ1n) is 7.87. The molecule has 3 nitrogen and oxygen atoms in total. The van der Waals surface area contributed by atoms with Crippen molar-refractivity contribution in [3.8, 4) is 10.6 Å². The van der Waals surface area contributed by atoms with E-state index in [1.54, 1.807) is 18.4 Å². The van der Waals surface area contributed by atoms with E-state index in [4.69, 9.17) is 11.6 Å². The highest BCUT2D eigenvalue weighted by molar-refractivity contribution is 7.13. The van der Waals surface area contributed by atoms with Crippen LogP contribution in [0.2, 0.25) is 5.02 Å². The topological polar surface area (TPSA) is 42.0 Å². The Labute approximate surface area is 158 Å². The Balaban J connectivity index is 1.65. The Bertz CT molecular complexity index is 945. The number of nitrogens with zero attached hydrogens (tertiary/aromatic N) is 1. The number of rotatable bonds is 5. The molecule has 3 aromatic rings. The summed E-state index contributed by atoms with van der Waals surface area (Å²) in [6, 6.07) is 10.0. The summed E-state index contributed by atoms with van der Waals surface area (Å²) < 4.78 is 26.8. The number of carbonyl (C=O) groups is 1. The van der Waals surface area contributed by atoms with E-state index in [9.17, 15) is 13.6 Å². The molecule has 7 heteroatoms. The van der Waals surface area contributed by atoms with Crippen molar-refractivity contribution < 1.29 is 13.6 Å². The van der Waals surface area contributed by atoms with Crippen LogP contribution in [0.1, 0.15) is 24.2 Å². The zero-order valence-electron chi connectivity index (χ0n) is 13.8. The van der Waals surface area contributed by atoms with E-state index in [2.05, 4.69) is 10.3 Å². The maximum Gasteiger partial charge on any atom is 0.226 e. The lowest BCUT2D eigenvalue weighted by Gasteiger charge is -2.14. The van der Waals surface area contributed by atoms with Crippen molar-refractivity contribution in [1.29, 1.82) is 0 Å². The number of hydrogen-bond donors (Lipinski definition) is 1. The zero-order chi connectivity index (χ0) is 18.7. The van der Waals surface area contributed by atoms with Gasteiger partial charge in [-0.25, -0.2) is 13.8 Å². The first kappa shape index (κ1) is 18.5. The summed E-state index contributed by atoms with van der Waals surface area (Å²) in [4.78, 5) is 16.7. The summed E-state index contributed by atoms with van der Waals surface area (Å²) in [7, 11) is 0. The second-order valence-corrected chi connectivity index (χ2v) is 7.08. The van der Waals surface area contributed by atoms with E-state index in [1.165, 1.54) is 23.5 Å². The number of aromatic nitrogens is 1. The van der Waals surface area contributed by atoms with E-state index in [-0.39, 0.29) is 17.9 Å². The van der Waals surface area contributed by atoms with E-state index in [1.807, 2.05) is 18.2 Å². The van der Waals surface area contributed by atoms with Crippen LogP contribution in [0.15, 0.2) is 47.8 Å². The molecule has 1 atom stereocenters. The fraction of sp³-hybridized carbons (Fsp3) is 0.158. The number of carbonyl (C=O) groups excluding carboxylic acids is 1. The number of amides is 1. The van der Waals surface area contributed by atoms with Crippen LogP contribution in [0.25, 0.3) is 10.6 Å².